The highest BCUT2D eigenvalue weighted by Crippen LogP contribution is 2.47. The van der Waals surface area contributed by atoms with Crippen LogP contribution in [-0.4, -0.2) is 25.3 Å². The lowest BCUT2D eigenvalue weighted by molar-refractivity contribution is 0.401. The average Bonchev–Trinajstić information content (AvgIpc) is 2.37. The van der Waals surface area contributed by atoms with Gasteiger partial charge in [0.2, 0.25) is 0 Å². The maximum absolute atomic E-state index is 5.57. The molecule has 0 aliphatic heterocycles. The van der Waals surface area contributed by atoms with Crippen LogP contribution in [0, 0.1) is 0 Å². The summed E-state index contributed by atoms with van der Waals surface area (Å²) in [5, 5.41) is 0. The smallest absolute Gasteiger partial charge is 0.320 e. The first-order valence-corrected chi connectivity index (χ1v) is 12.8. The highest BCUT2D eigenvalue weighted by Gasteiger charge is 2.40. The van der Waals surface area contributed by atoms with E-state index in [2.05, 4.69) is 6.92 Å². The third-order valence-corrected chi connectivity index (χ3v) is 13.4. The summed E-state index contributed by atoms with van der Waals surface area (Å²) in [4.78, 5) is 0. The standard InChI is InChI=1S/C10H24O3S3Si/c1-5-9-10-17(14-11-6-2,15-12-7-3)16-13-8-4/h5-10H2,1-4H3. The number of unbranched alkanes of at least 4 members (excludes halogenated alkanes) is 1. The van der Waals surface area contributed by atoms with Gasteiger partial charge in [-0.05, 0) is 61.3 Å². The zero-order chi connectivity index (χ0) is 13.0. The van der Waals surface area contributed by atoms with Gasteiger partial charge in [-0.3, -0.25) is 0 Å². The second kappa shape index (κ2) is 12.2. The van der Waals surface area contributed by atoms with Gasteiger partial charge in [-0.1, -0.05) is 19.8 Å². The molecular weight excluding hydrogens is 292 g/mol. The fourth-order valence-corrected chi connectivity index (χ4v) is 11.3. The predicted molar refractivity (Wildman–Crippen MR) is 83.1 cm³/mol. The fraction of sp³-hybridized carbons (Fsp3) is 1.00. The van der Waals surface area contributed by atoms with Crippen LogP contribution in [0.25, 0.3) is 0 Å². The molecule has 0 aromatic heterocycles. The van der Waals surface area contributed by atoms with Crippen LogP contribution in [0.1, 0.15) is 40.5 Å². The monoisotopic (exact) mass is 316 g/mol. The first-order valence-electron chi connectivity index (χ1n) is 6.16. The normalized spacial score (nSPS) is 12.0. The minimum atomic E-state index is -1.80. The molecule has 0 saturated heterocycles. The van der Waals surface area contributed by atoms with E-state index >= 15 is 0 Å². The first kappa shape index (κ1) is 18.1. The topological polar surface area (TPSA) is 27.7 Å². The third kappa shape index (κ3) is 8.80. The van der Waals surface area contributed by atoms with Gasteiger partial charge in [0.15, 0.2) is 0 Å². The summed E-state index contributed by atoms with van der Waals surface area (Å²) < 4.78 is 16.7. The minimum absolute atomic E-state index is 0.727. The van der Waals surface area contributed by atoms with E-state index in [-0.39, 0.29) is 0 Å². The molecule has 0 N–H and O–H groups in total. The summed E-state index contributed by atoms with van der Waals surface area (Å²) in [6.07, 6.45) is 2.40. The second-order valence-corrected chi connectivity index (χ2v) is 16.4. The molecule has 0 aromatic rings. The molecule has 0 bridgehead atoms. The van der Waals surface area contributed by atoms with E-state index in [1.54, 1.807) is 34.5 Å². The average molecular weight is 317 g/mol. The van der Waals surface area contributed by atoms with Crippen molar-refractivity contribution in [1.29, 1.82) is 0 Å². The Morgan fingerprint density at radius 1 is 0.765 bits per heavy atom. The molecule has 0 heterocycles. The predicted octanol–water partition coefficient (Wildman–Crippen LogP) is 4.78. The van der Waals surface area contributed by atoms with Crippen LogP contribution in [0.5, 0.6) is 0 Å². The number of hydrogen-bond acceptors (Lipinski definition) is 6. The van der Waals surface area contributed by atoms with Crippen LogP contribution < -0.4 is 0 Å². The van der Waals surface area contributed by atoms with Crippen LogP contribution in [0.15, 0.2) is 0 Å². The van der Waals surface area contributed by atoms with Crippen LogP contribution in [0.4, 0.5) is 0 Å². The van der Waals surface area contributed by atoms with E-state index in [9.17, 15) is 0 Å². The van der Waals surface area contributed by atoms with E-state index in [0.717, 1.165) is 25.9 Å². The quantitative estimate of drug-likeness (QED) is 0.380. The van der Waals surface area contributed by atoms with Crippen LogP contribution >= 0.6 is 34.5 Å². The molecule has 0 rings (SSSR count). The SMILES string of the molecule is CCCC[Si](SOCC)(SOCC)SOCC. The van der Waals surface area contributed by atoms with Crippen molar-refractivity contribution in [3.63, 3.8) is 0 Å². The Balaban J connectivity index is 4.39. The maximum atomic E-state index is 5.57. The molecule has 104 valence electrons. The van der Waals surface area contributed by atoms with Gasteiger partial charge in [0.25, 0.3) is 0 Å². The molecule has 3 nitrogen and oxygen atoms in total. The summed E-state index contributed by atoms with van der Waals surface area (Å²) in [5.41, 5.74) is -1.80. The van der Waals surface area contributed by atoms with Crippen molar-refractivity contribution < 1.29 is 12.5 Å². The Morgan fingerprint density at radius 2 is 1.18 bits per heavy atom. The highest BCUT2D eigenvalue weighted by molar-refractivity contribution is 8.78. The Bertz CT molecular complexity index is 137. The Labute approximate surface area is 119 Å². The number of rotatable bonds is 12. The second-order valence-electron chi connectivity index (χ2n) is 3.26. The molecule has 0 radical (unpaired) electrons. The van der Waals surface area contributed by atoms with Crippen molar-refractivity contribution >= 4 is 40.0 Å². The van der Waals surface area contributed by atoms with Gasteiger partial charge >= 0.3 is 5.52 Å². The number of hydrogen-bond donors (Lipinski definition) is 0. The molecule has 0 saturated carbocycles. The summed E-state index contributed by atoms with van der Waals surface area (Å²) >= 11 is 4.81. The van der Waals surface area contributed by atoms with Gasteiger partial charge in [0.05, 0.1) is 19.8 Å². The Kier molecular flexibility index (Phi) is 13.0. The van der Waals surface area contributed by atoms with E-state index in [4.69, 9.17) is 12.5 Å². The van der Waals surface area contributed by atoms with Gasteiger partial charge in [0, 0.05) is 0 Å². The van der Waals surface area contributed by atoms with Crippen molar-refractivity contribution in [2.45, 2.75) is 46.6 Å². The molecule has 0 unspecified atom stereocenters. The van der Waals surface area contributed by atoms with Crippen molar-refractivity contribution in [2.75, 3.05) is 19.8 Å². The molecule has 0 spiro atoms. The lowest BCUT2D eigenvalue weighted by atomic mass is 10.4. The van der Waals surface area contributed by atoms with Crippen molar-refractivity contribution in [1.82, 2.24) is 0 Å². The van der Waals surface area contributed by atoms with Gasteiger partial charge in [-0.2, -0.15) is 0 Å². The van der Waals surface area contributed by atoms with Crippen molar-refractivity contribution in [3.05, 3.63) is 0 Å². The zero-order valence-corrected chi connectivity index (χ0v) is 14.6. The van der Waals surface area contributed by atoms with Gasteiger partial charge in [-0.15, -0.1) is 0 Å². The fourth-order valence-electron chi connectivity index (χ4n) is 1.01. The first-order chi connectivity index (χ1) is 8.24. The summed E-state index contributed by atoms with van der Waals surface area (Å²) in [7, 11) is 0. The molecular formula is C10H24O3S3Si. The molecule has 0 aromatic carbocycles. The minimum Gasteiger partial charge on any atom is -0.320 e. The molecule has 17 heavy (non-hydrogen) atoms. The van der Waals surface area contributed by atoms with Gasteiger partial charge in [0.1, 0.15) is 0 Å². The molecule has 0 atom stereocenters. The van der Waals surface area contributed by atoms with Crippen LogP contribution in [-0.2, 0) is 12.5 Å². The van der Waals surface area contributed by atoms with Crippen molar-refractivity contribution in [2.24, 2.45) is 0 Å². The van der Waals surface area contributed by atoms with Gasteiger partial charge in [-0.25, -0.2) is 0 Å². The lowest BCUT2D eigenvalue weighted by Crippen LogP contribution is -2.24. The summed E-state index contributed by atoms with van der Waals surface area (Å²) in [5.74, 6) is 0. The van der Waals surface area contributed by atoms with E-state index in [1.165, 1.54) is 12.8 Å². The molecule has 0 fully saturated rings. The third-order valence-electron chi connectivity index (χ3n) is 1.75. The van der Waals surface area contributed by atoms with Crippen molar-refractivity contribution in [3.8, 4) is 0 Å². The molecule has 7 heteroatoms. The molecule has 0 amide bonds. The highest BCUT2D eigenvalue weighted by atomic mass is 32.8. The zero-order valence-electron chi connectivity index (χ0n) is 11.2. The molecule has 0 aliphatic rings. The van der Waals surface area contributed by atoms with E-state index in [0.29, 0.717) is 0 Å². The van der Waals surface area contributed by atoms with Crippen LogP contribution in [0.2, 0.25) is 6.04 Å². The van der Waals surface area contributed by atoms with E-state index in [1.807, 2.05) is 20.8 Å². The van der Waals surface area contributed by atoms with Gasteiger partial charge < -0.3 is 12.5 Å². The summed E-state index contributed by atoms with van der Waals surface area (Å²) in [6.45, 7) is 10.4. The lowest BCUT2D eigenvalue weighted by Gasteiger charge is -2.25. The Morgan fingerprint density at radius 3 is 1.47 bits per heavy atom. The largest absolute Gasteiger partial charge is 0.331 e. The van der Waals surface area contributed by atoms with Crippen LogP contribution in [0.3, 0.4) is 0 Å². The Hall–Kier alpha value is 1.15. The maximum Gasteiger partial charge on any atom is 0.331 e. The van der Waals surface area contributed by atoms with E-state index < -0.39 is 5.52 Å². The molecule has 0 aliphatic carbocycles. The summed E-state index contributed by atoms with van der Waals surface area (Å²) in [6, 6.07) is 1.14.